The number of rotatable bonds is 4. The average molecular weight is 351 g/mol. The van der Waals surface area contributed by atoms with E-state index in [-0.39, 0.29) is 29.0 Å². The smallest absolute Gasteiger partial charge is 0.256 e. The molecule has 1 N–H and O–H groups in total. The molecule has 0 saturated carbocycles. The molecule has 24 heavy (non-hydrogen) atoms. The van der Waals surface area contributed by atoms with Crippen LogP contribution in [0.25, 0.3) is 0 Å². The lowest BCUT2D eigenvalue weighted by atomic mass is 9.88. The first-order valence-electron chi connectivity index (χ1n) is 7.73. The van der Waals surface area contributed by atoms with Crippen molar-refractivity contribution in [2.24, 2.45) is 13.0 Å². The van der Waals surface area contributed by atoms with Crippen LogP contribution in [0.1, 0.15) is 35.1 Å². The molecule has 2 aromatic rings. The predicted molar refractivity (Wildman–Crippen MR) is 87.5 cm³/mol. The summed E-state index contributed by atoms with van der Waals surface area (Å²) in [6.07, 6.45) is 6.10. The number of aromatic nitrogens is 2. The first-order valence-corrected chi connectivity index (χ1v) is 8.11. The van der Waals surface area contributed by atoms with Crippen LogP contribution in [0, 0.1) is 5.92 Å². The molecule has 2 aromatic heterocycles. The second-order valence-corrected chi connectivity index (χ2v) is 6.31. The maximum Gasteiger partial charge on any atom is 0.256 e. The molecule has 0 radical (unpaired) electrons. The standard InChI is InChI=1S/C16H19ClN4O3/c1-20-7-6-18-15(20)13-10(3-4-12(22)21(13)2)9-19-16(23)11-5-8-24-14(11)17/h5-8,10,13H,3-4,9H2,1-2H3,(H,19,23)/t10-,13+/m1/s1. The van der Waals surface area contributed by atoms with E-state index in [1.165, 1.54) is 12.3 Å². The quantitative estimate of drug-likeness (QED) is 0.914. The fourth-order valence-electron chi connectivity index (χ4n) is 3.15. The second-order valence-electron chi connectivity index (χ2n) is 5.96. The number of carbonyl (C=O) groups excluding carboxylic acids is 2. The first kappa shape index (κ1) is 16.6. The lowest BCUT2D eigenvalue weighted by Crippen LogP contribution is -2.45. The largest absolute Gasteiger partial charge is 0.452 e. The summed E-state index contributed by atoms with van der Waals surface area (Å²) < 4.78 is 6.85. The van der Waals surface area contributed by atoms with Crippen molar-refractivity contribution < 1.29 is 14.0 Å². The minimum atomic E-state index is -0.285. The molecular weight excluding hydrogens is 332 g/mol. The number of nitrogens with zero attached hydrogens (tertiary/aromatic N) is 3. The fraction of sp³-hybridized carbons (Fsp3) is 0.438. The van der Waals surface area contributed by atoms with Gasteiger partial charge >= 0.3 is 0 Å². The van der Waals surface area contributed by atoms with E-state index in [1.54, 1.807) is 18.1 Å². The highest BCUT2D eigenvalue weighted by Gasteiger charge is 2.37. The maximum atomic E-state index is 12.2. The van der Waals surface area contributed by atoms with Crippen molar-refractivity contribution in [2.45, 2.75) is 18.9 Å². The Morgan fingerprint density at radius 2 is 2.29 bits per heavy atom. The van der Waals surface area contributed by atoms with Gasteiger partial charge < -0.3 is 19.2 Å². The van der Waals surface area contributed by atoms with Crippen LogP contribution in [0.5, 0.6) is 0 Å². The number of piperidine rings is 1. The van der Waals surface area contributed by atoms with E-state index in [9.17, 15) is 9.59 Å². The molecule has 0 aromatic carbocycles. The van der Waals surface area contributed by atoms with E-state index in [0.29, 0.717) is 24.9 Å². The van der Waals surface area contributed by atoms with Crippen molar-refractivity contribution >= 4 is 23.4 Å². The number of nitrogens with one attached hydrogen (secondary N) is 1. The van der Waals surface area contributed by atoms with E-state index < -0.39 is 0 Å². The van der Waals surface area contributed by atoms with Gasteiger partial charge in [0.15, 0.2) is 0 Å². The number of furan rings is 1. The normalized spacial score (nSPS) is 21.1. The molecule has 1 aliphatic heterocycles. The number of hydrogen-bond donors (Lipinski definition) is 1. The van der Waals surface area contributed by atoms with Gasteiger partial charge in [-0.3, -0.25) is 9.59 Å². The minimum absolute atomic E-state index is 0.0726. The Morgan fingerprint density at radius 1 is 1.50 bits per heavy atom. The van der Waals surface area contributed by atoms with E-state index >= 15 is 0 Å². The van der Waals surface area contributed by atoms with Gasteiger partial charge in [-0.15, -0.1) is 0 Å². The molecule has 1 aliphatic rings. The molecule has 1 saturated heterocycles. The van der Waals surface area contributed by atoms with Gasteiger partial charge in [-0.1, -0.05) is 0 Å². The molecular formula is C16H19ClN4O3. The molecule has 1 fully saturated rings. The topological polar surface area (TPSA) is 80.4 Å². The zero-order chi connectivity index (χ0) is 17.3. The highest BCUT2D eigenvalue weighted by molar-refractivity contribution is 6.32. The van der Waals surface area contributed by atoms with Crippen LogP contribution >= 0.6 is 11.6 Å². The number of hydrogen-bond acceptors (Lipinski definition) is 4. The molecule has 0 spiro atoms. The van der Waals surface area contributed by atoms with Gasteiger partial charge in [0.05, 0.1) is 17.9 Å². The maximum absolute atomic E-state index is 12.2. The van der Waals surface area contributed by atoms with Gasteiger partial charge in [0, 0.05) is 45.4 Å². The lowest BCUT2D eigenvalue weighted by molar-refractivity contribution is -0.137. The Bertz CT molecular complexity index is 754. The van der Waals surface area contributed by atoms with Gasteiger partial charge in [-0.2, -0.15) is 0 Å². The Morgan fingerprint density at radius 3 is 2.92 bits per heavy atom. The Hall–Kier alpha value is -2.28. The number of amides is 2. The molecule has 2 atom stereocenters. The number of halogens is 1. The van der Waals surface area contributed by atoms with Crippen LogP contribution in [0.3, 0.4) is 0 Å². The zero-order valence-corrected chi connectivity index (χ0v) is 14.3. The predicted octanol–water partition coefficient (Wildman–Crippen LogP) is 2.01. The summed E-state index contributed by atoms with van der Waals surface area (Å²) in [6.45, 7) is 0.426. The number of aryl methyl sites for hydroxylation is 1. The molecule has 8 heteroatoms. The summed E-state index contributed by atoms with van der Waals surface area (Å²) in [6, 6.07) is 1.36. The van der Waals surface area contributed by atoms with Gasteiger partial charge in [-0.25, -0.2) is 4.98 Å². The van der Waals surface area contributed by atoms with Crippen molar-refractivity contribution in [1.29, 1.82) is 0 Å². The third-order valence-electron chi connectivity index (χ3n) is 4.50. The van der Waals surface area contributed by atoms with Crippen LogP contribution in [0.2, 0.25) is 5.22 Å². The molecule has 7 nitrogen and oxygen atoms in total. The van der Waals surface area contributed by atoms with Gasteiger partial charge in [-0.05, 0) is 24.1 Å². The first-order chi connectivity index (χ1) is 11.5. The van der Waals surface area contributed by atoms with E-state index in [2.05, 4.69) is 10.3 Å². The third kappa shape index (κ3) is 3.03. The highest BCUT2D eigenvalue weighted by atomic mass is 35.5. The van der Waals surface area contributed by atoms with Gasteiger partial charge in [0.25, 0.3) is 5.91 Å². The molecule has 0 unspecified atom stereocenters. The summed E-state index contributed by atoms with van der Waals surface area (Å²) in [5, 5.41) is 2.96. The van der Waals surface area contributed by atoms with E-state index in [4.69, 9.17) is 16.0 Å². The summed E-state index contributed by atoms with van der Waals surface area (Å²) in [7, 11) is 3.68. The van der Waals surface area contributed by atoms with Crippen LogP contribution in [-0.2, 0) is 11.8 Å². The summed E-state index contributed by atoms with van der Waals surface area (Å²) >= 11 is 5.84. The lowest BCUT2D eigenvalue weighted by Gasteiger charge is -2.38. The van der Waals surface area contributed by atoms with Crippen LogP contribution < -0.4 is 5.32 Å². The SMILES string of the molecule is CN1C(=O)CC[C@H](CNC(=O)c2ccoc2Cl)[C@H]1c1nccn1C. The fourth-order valence-corrected chi connectivity index (χ4v) is 3.35. The summed E-state index contributed by atoms with van der Waals surface area (Å²) in [5.41, 5.74) is 0.311. The van der Waals surface area contributed by atoms with Crippen molar-refractivity contribution in [3.05, 3.63) is 41.3 Å². The van der Waals surface area contributed by atoms with Crippen LogP contribution in [-0.4, -0.2) is 39.9 Å². The molecule has 2 amide bonds. The van der Waals surface area contributed by atoms with Crippen LogP contribution in [0.15, 0.2) is 29.1 Å². The number of carbonyl (C=O) groups is 2. The number of likely N-dealkylation sites (tertiary alicyclic amines) is 1. The van der Waals surface area contributed by atoms with E-state index in [1.807, 2.05) is 17.8 Å². The number of imidazole rings is 1. The Kier molecular flexibility index (Phi) is 4.62. The molecule has 128 valence electrons. The Labute approximate surface area is 144 Å². The van der Waals surface area contributed by atoms with Crippen molar-refractivity contribution in [3.8, 4) is 0 Å². The summed E-state index contributed by atoms with van der Waals surface area (Å²) in [5.74, 6) is 0.685. The van der Waals surface area contributed by atoms with Crippen LogP contribution in [0.4, 0.5) is 0 Å². The zero-order valence-electron chi connectivity index (χ0n) is 13.5. The molecule has 0 bridgehead atoms. The minimum Gasteiger partial charge on any atom is -0.452 e. The van der Waals surface area contributed by atoms with Crippen molar-refractivity contribution in [2.75, 3.05) is 13.6 Å². The molecule has 3 rings (SSSR count). The van der Waals surface area contributed by atoms with Crippen molar-refractivity contribution in [3.63, 3.8) is 0 Å². The third-order valence-corrected chi connectivity index (χ3v) is 4.79. The van der Waals surface area contributed by atoms with Gasteiger partial charge in [0.1, 0.15) is 5.82 Å². The molecule has 3 heterocycles. The summed E-state index contributed by atoms with van der Waals surface area (Å²) in [4.78, 5) is 30.4. The van der Waals surface area contributed by atoms with Crippen molar-refractivity contribution in [1.82, 2.24) is 19.8 Å². The molecule has 0 aliphatic carbocycles. The highest BCUT2D eigenvalue weighted by Crippen LogP contribution is 2.34. The second kappa shape index (κ2) is 6.68. The van der Waals surface area contributed by atoms with Gasteiger partial charge in [0.2, 0.25) is 11.1 Å². The van der Waals surface area contributed by atoms with E-state index in [0.717, 1.165) is 5.82 Å². The monoisotopic (exact) mass is 350 g/mol. The average Bonchev–Trinajstić information content (AvgIpc) is 3.17. The Balaban J connectivity index is 1.75.